The van der Waals surface area contributed by atoms with Gasteiger partial charge in [-0.1, -0.05) is 12.1 Å². The number of fused-ring (bicyclic) bond motifs is 4. The molecule has 0 aliphatic rings. The van der Waals surface area contributed by atoms with Crippen LogP contribution in [0.1, 0.15) is 12.5 Å². The number of nitrogens with one attached hydrogen (secondary N) is 1. The lowest BCUT2D eigenvalue weighted by atomic mass is 10.2. The van der Waals surface area contributed by atoms with E-state index in [-0.39, 0.29) is 5.56 Å². The summed E-state index contributed by atoms with van der Waals surface area (Å²) in [6.45, 7) is 3.40. The first-order valence-corrected chi connectivity index (χ1v) is 10.7. The van der Waals surface area contributed by atoms with Gasteiger partial charge in [0.25, 0.3) is 5.65 Å². The zero-order valence-corrected chi connectivity index (χ0v) is 18.4. The molecule has 166 valence electrons. The molecule has 0 aliphatic carbocycles. The molecule has 3 aromatic heterocycles. The molecule has 0 radical (unpaired) electrons. The van der Waals surface area contributed by atoms with Gasteiger partial charge in [0, 0.05) is 7.11 Å². The quantitative estimate of drug-likeness (QED) is 0.360. The standard InChI is InChI=1S/C24H22N6O3/c1-3-33-17-10-8-16(9-11-17)14-26-30-22-20(24(31)29(15-25-22)12-13-32-2)21-23(30)28-19-7-5-4-6-18(19)27-21/h4-11,14-15H,3,12-13H2,1-2H3/p+1. The van der Waals surface area contributed by atoms with Gasteiger partial charge < -0.3 is 9.47 Å². The van der Waals surface area contributed by atoms with Crippen molar-refractivity contribution < 1.29 is 14.5 Å². The molecule has 0 atom stereocenters. The topological polar surface area (TPSA) is 97.7 Å². The summed E-state index contributed by atoms with van der Waals surface area (Å²) in [5, 5.41) is 5.09. The molecule has 9 nitrogen and oxygen atoms in total. The van der Waals surface area contributed by atoms with E-state index < -0.39 is 0 Å². The van der Waals surface area contributed by atoms with Crippen LogP contribution in [0.2, 0.25) is 0 Å². The van der Waals surface area contributed by atoms with Crippen LogP contribution >= 0.6 is 0 Å². The second-order valence-corrected chi connectivity index (χ2v) is 7.43. The van der Waals surface area contributed by atoms with E-state index >= 15 is 0 Å². The maximum absolute atomic E-state index is 13.3. The van der Waals surface area contributed by atoms with Crippen molar-refractivity contribution in [2.45, 2.75) is 13.5 Å². The molecule has 9 heteroatoms. The van der Waals surface area contributed by atoms with E-state index in [1.54, 1.807) is 28.9 Å². The smallest absolute Gasteiger partial charge is 0.322 e. The SMILES string of the molecule is CCOc1ccc(C=Nn2c3nc4ccccc4nc3c3c(=O)n(CCOC)c[nH+]c32)cc1. The van der Waals surface area contributed by atoms with Crippen LogP contribution in [0.15, 0.2) is 64.8 Å². The monoisotopic (exact) mass is 443 g/mol. The number of aromatic amines is 1. The van der Waals surface area contributed by atoms with E-state index in [0.717, 1.165) is 16.8 Å². The van der Waals surface area contributed by atoms with E-state index in [2.05, 4.69) is 10.1 Å². The number of rotatable bonds is 7. The molecular weight excluding hydrogens is 420 g/mol. The summed E-state index contributed by atoms with van der Waals surface area (Å²) in [6.07, 6.45) is 3.35. The number of benzene rings is 2. The van der Waals surface area contributed by atoms with Crippen molar-refractivity contribution in [3.63, 3.8) is 0 Å². The number of hydrogen-bond acceptors (Lipinski definition) is 6. The van der Waals surface area contributed by atoms with E-state index in [1.165, 1.54) is 0 Å². The fourth-order valence-electron chi connectivity index (χ4n) is 3.72. The first-order chi connectivity index (χ1) is 16.2. The highest BCUT2D eigenvalue weighted by Crippen LogP contribution is 2.23. The van der Waals surface area contributed by atoms with Crippen molar-refractivity contribution in [2.24, 2.45) is 5.10 Å². The van der Waals surface area contributed by atoms with Crippen molar-refractivity contribution in [3.05, 3.63) is 70.8 Å². The van der Waals surface area contributed by atoms with Gasteiger partial charge in [0.2, 0.25) is 5.65 Å². The van der Waals surface area contributed by atoms with Gasteiger partial charge in [-0.05, 0) is 48.9 Å². The van der Waals surface area contributed by atoms with Gasteiger partial charge in [-0.3, -0.25) is 0 Å². The van der Waals surface area contributed by atoms with Crippen LogP contribution in [0.5, 0.6) is 5.75 Å². The van der Waals surface area contributed by atoms with Crippen LogP contribution in [0, 0.1) is 0 Å². The first kappa shape index (κ1) is 20.8. The van der Waals surface area contributed by atoms with Crippen molar-refractivity contribution >= 4 is 39.4 Å². The highest BCUT2D eigenvalue weighted by Gasteiger charge is 2.24. The molecule has 1 N–H and O–H groups in total. The summed E-state index contributed by atoms with van der Waals surface area (Å²) in [7, 11) is 1.60. The average Bonchev–Trinajstić information content (AvgIpc) is 3.15. The van der Waals surface area contributed by atoms with Crippen LogP contribution in [-0.4, -0.2) is 45.7 Å². The lowest BCUT2D eigenvalue weighted by Crippen LogP contribution is -2.28. The Morgan fingerprint density at radius 1 is 1.09 bits per heavy atom. The first-order valence-electron chi connectivity index (χ1n) is 10.7. The molecule has 5 aromatic rings. The van der Waals surface area contributed by atoms with E-state index in [4.69, 9.17) is 19.4 Å². The number of nitrogens with zero attached hydrogens (tertiary/aromatic N) is 5. The molecule has 0 amide bonds. The second-order valence-electron chi connectivity index (χ2n) is 7.43. The Labute approximate surface area is 188 Å². The molecule has 3 heterocycles. The van der Waals surface area contributed by atoms with Crippen LogP contribution in [-0.2, 0) is 11.3 Å². The zero-order chi connectivity index (χ0) is 22.8. The third-order valence-electron chi connectivity index (χ3n) is 5.32. The third-order valence-corrected chi connectivity index (χ3v) is 5.32. The molecule has 0 bridgehead atoms. The van der Waals surface area contributed by atoms with E-state index in [1.807, 2.05) is 55.5 Å². The van der Waals surface area contributed by atoms with Crippen LogP contribution in [0.25, 0.3) is 33.2 Å². The Morgan fingerprint density at radius 2 is 1.85 bits per heavy atom. The van der Waals surface area contributed by atoms with Gasteiger partial charge in [-0.25, -0.2) is 24.3 Å². The Kier molecular flexibility index (Phi) is 5.54. The van der Waals surface area contributed by atoms with Crippen molar-refractivity contribution in [1.82, 2.24) is 19.2 Å². The van der Waals surface area contributed by atoms with E-state index in [0.29, 0.717) is 47.5 Å². The number of aromatic nitrogens is 5. The van der Waals surface area contributed by atoms with Gasteiger partial charge in [0.1, 0.15) is 11.3 Å². The zero-order valence-electron chi connectivity index (χ0n) is 18.4. The number of methoxy groups -OCH3 is 1. The molecule has 0 fully saturated rings. The molecule has 0 saturated heterocycles. The Hall–Kier alpha value is -4.11. The number of para-hydroxylation sites is 2. The predicted molar refractivity (Wildman–Crippen MR) is 126 cm³/mol. The Bertz CT molecular complexity index is 1540. The molecule has 0 spiro atoms. The molecule has 0 saturated carbocycles. The fraction of sp³-hybridized carbons (Fsp3) is 0.208. The van der Waals surface area contributed by atoms with Gasteiger partial charge in [-0.15, -0.1) is 9.78 Å². The minimum atomic E-state index is -0.176. The summed E-state index contributed by atoms with van der Waals surface area (Å²) in [6, 6.07) is 15.2. The fourth-order valence-corrected chi connectivity index (χ4v) is 3.72. The van der Waals surface area contributed by atoms with Crippen LogP contribution in [0.4, 0.5) is 0 Å². The minimum Gasteiger partial charge on any atom is -0.494 e. The van der Waals surface area contributed by atoms with Gasteiger partial charge >= 0.3 is 5.56 Å². The predicted octanol–water partition coefficient (Wildman–Crippen LogP) is 2.64. The highest BCUT2D eigenvalue weighted by molar-refractivity contribution is 6.03. The van der Waals surface area contributed by atoms with Crippen molar-refractivity contribution in [2.75, 3.05) is 20.3 Å². The highest BCUT2D eigenvalue weighted by atomic mass is 16.5. The second kappa shape index (κ2) is 8.79. The maximum atomic E-state index is 13.3. The Morgan fingerprint density at radius 3 is 2.58 bits per heavy atom. The number of hydrogen-bond donors (Lipinski definition) is 0. The van der Waals surface area contributed by atoms with Crippen LogP contribution in [0.3, 0.4) is 0 Å². The number of H-pyrrole nitrogens is 1. The average molecular weight is 443 g/mol. The number of ether oxygens (including phenoxy) is 2. The summed E-state index contributed by atoms with van der Waals surface area (Å²) in [4.78, 5) is 26.0. The third kappa shape index (κ3) is 3.83. The molecule has 5 rings (SSSR count). The van der Waals surface area contributed by atoms with Gasteiger partial charge in [-0.2, -0.15) is 0 Å². The Balaban J connectivity index is 1.71. The minimum absolute atomic E-state index is 0.176. The van der Waals surface area contributed by atoms with Gasteiger partial charge in [0.15, 0.2) is 11.7 Å². The lowest BCUT2D eigenvalue weighted by Gasteiger charge is -2.02. The maximum Gasteiger partial charge on any atom is 0.322 e. The summed E-state index contributed by atoms with van der Waals surface area (Å²) < 4.78 is 13.8. The summed E-state index contributed by atoms with van der Waals surface area (Å²) in [5.41, 5.74) is 3.68. The normalized spacial score (nSPS) is 11.8. The van der Waals surface area contributed by atoms with Crippen LogP contribution < -0.4 is 15.3 Å². The largest absolute Gasteiger partial charge is 0.494 e. The molecule has 2 aromatic carbocycles. The van der Waals surface area contributed by atoms with E-state index in [9.17, 15) is 4.79 Å². The van der Waals surface area contributed by atoms with Crippen molar-refractivity contribution in [1.29, 1.82) is 0 Å². The van der Waals surface area contributed by atoms with Crippen molar-refractivity contribution in [3.8, 4) is 5.75 Å². The van der Waals surface area contributed by atoms with Gasteiger partial charge in [0.05, 0.1) is 37.0 Å². The summed E-state index contributed by atoms with van der Waals surface area (Å²) in [5.74, 6) is 0.800. The molecule has 0 aliphatic heterocycles. The molecule has 0 unspecified atom stereocenters. The summed E-state index contributed by atoms with van der Waals surface area (Å²) >= 11 is 0. The lowest BCUT2D eigenvalue weighted by molar-refractivity contribution is -0.357. The molecular formula is C24H23N6O3+. The molecule has 33 heavy (non-hydrogen) atoms.